The molecule has 2 atom stereocenters. The number of methoxy groups -OCH3 is 1. The van der Waals surface area contributed by atoms with Crippen LogP contribution in [0.25, 0.3) is 0 Å². The van der Waals surface area contributed by atoms with E-state index in [1.807, 2.05) is 0 Å². The molecule has 0 aliphatic carbocycles. The van der Waals surface area contributed by atoms with Gasteiger partial charge in [-0.1, -0.05) is 17.7 Å². The number of nitrogens with one attached hydrogen (secondary N) is 1. The summed E-state index contributed by atoms with van der Waals surface area (Å²) in [5, 5.41) is 3.50. The van der Waals surface area contributed by atoms with E-state index in [0.717, 1.165) is 19.5 Å². The first kappa shape index (κ1) is 12.4. The summed E-state index contributed by atoms with van der Waals surface area (Å²) < 4.78 is 5.36. The zero-order chi connectivity index (χ0) is 12.3. The molecule has 1 aromatic rings. The first-order valence-corrected chi connectivity index (χ1v) is 6.23. The molecule has 1 aromatic carbocycles. The Morgan fingerprint density at radius 1 is 1.35 bits per heavy atom. The van der Waals surface area contributed by atoms with E-state index in [1.165, 1.54) is 11.3 Å². The molecular formula is C14H22N2O. The van der Waals surface area contributed by atoms with E-state index in [2.05, 4.69) is 48.5 Å². The van der Waals surface area contributed by atoms with Gasteiger partial charge in [-0.25, -0.2) is 0 Å². The molecule has 2 unspecified atom stereocenters. The smallest absolute Gasteiger partial charge is 0.0711 e. The van der Waals surface area contributed by atoms with Gasteiger partial charge in [-0.3, -0.25) is 0 Å². The molecule has 94 valence electrons. The molecule has 0 spiro atoms. The molecule has 1 fully saturated rings. The number of aryl methyl sites for hydroxylation is 1. The molecule has 1 aliphatic rings. The number of hydrogen-bond acceptors (Lipinski definition) is 3. The van der Waals surface area contributed by atoms with Crippen LogP contribution in [0.5, 0.6) is 0 Å². The van der Waals surface area contributed by atoms with Gasteiger partial charge in [0.15, 0.2) is 0 Å². The molecule has 0 aromatic heterocycles. The van der Waals surface area contributed by atoms with Gasteiger partial charge in [0.1, 0.15) is 0 Å². The number of nitrogens with zero attached hydrogens (tertiary/aromatic N) is 1. The molecule has 1 saturated heterocycles. The zero-order valence-electron chi connectivity index (χ0n) is 10.9. The third kappa shape index (κ3) is 3.20. The minimum atomic E-state index is 0.381. The standard InChI is InChI=1S/C14H22N2O/c1-11-4-6-13(7-5-11)16(2)10-12-8-14(17-3)9-15-12/h4-7,12,14-15H,8-10H2,1-3H3. The Labute approximate surface area is 104 Å². The minimum Gasteiger partial charge on any atom is -0.380 e. The molecule has 3 nitrogen and oxygen atoms in total. The third-order valence-corrected chi connectivity index (χ3v) is 3.48. The molecule has 17 heavy (non-hydrogen) atoms. The van der Waals surface area contributed by atoms with Crippen LogP contribution < -0.4 is 10.2 Å². The molecule has 0 saturated carbocycles. The second-order valence-corrected chi connectivity index (χ2v) is 4.91. The van der Waals surface area contributed by atoms with E-state index in [1.54, 1.807) is 7.11 Å². The highest BCUT2D eigenvalue weighted by Gasteiger charge is 2.24. The van der Waals surface area contributed by atoms with Crippen molar-refractivity contribution >= 4 is 5.69 Å². The van der Waals surface area contributed by atoms with Crippen LogP contribution in [0.3, 0.4) is 0 Å². The van der Waals surface area contributed by atoms with Crippen LogP contribution in [-0.4, -0.2) is 39.4 Å². The maximum Gasteiger partial charge on any atom is 0.0711 e. The van der Waals surface area contributed by atoms with Gasteiger partial charge in [-0.2, -0.15) is 0 Å². The van der Waals surface area contributed by atoms with Crippen molar-refractivity contribution in [3.8, 4) is 0 Å². The molecule has 0 amide bonds. The monoisotopic (exact) mass is 234 g/mol. The average Bonchev–Trinajstić information content (AvgIpc) is 2.77. The number of hydrogen-bond donors (Lipinski definition) is 1. The van der Waals surface area contributed by atoms with E-state index >= 15 is 0 Å². The molecule has 2 rings (SSSR count). The lowest BCUT2D eigenvalue weighted by atomic mass is 10.1. The molecule has 1 N–H and O–H groups in total. The highest BCUT2D eigenvalue weighted by Crippen LogP contribution is 2.16. The van der Waals surface area contributed by atoms with Crippen molar-refractivity contribution in [1.82, 2.24) is 5.32 Å². The normalized spacial score (nSPS) is 23.9. The van der Waals surface area contributed by atoms with E-state index < -0.39 is 0 Å². The summed E-state index contributed by atoms with van der Waals surface area (Å²) in [4.78, 5) is 2.30. The van der Waals surface area contributed by atoms with Crippen LogP contribution >= 0.6 is 0 Å². The quantitative estimate of drug-likeness (QED) is 0.860. The van der Waals surface area contributed by atoms with Gasteiger partial charge in [0, 0.05) is 39.0 Å². The maximum atomic E-state index is 5.36. The van der Waals surface area contributed by atoms with E-state index in [9.17, 15) is 0 Å². The predicted molar refractivity (Wildman–Crippen MR) is 71.7 cm³/mol. The summed E-state index contributed by atoms with van der Waals surface area (Å²) in [6.07, 6.45) is 1.48. The van der Waals surface area contributed by atoms with Crippen LogP contribution in [0.4, 0.5) is 5.69 Å². The summed E-state index contributed by atoms with van der Waals surface area (Å²) in [7, 11) is 3.94. The van der Waals surface area contributed by atoms with Crippen molar-refractivity contribution in [2.75, 3.05) is 32.1 Å². The fourth-order valence-corrected chi connectivity index (χ4v) is 2.34. The van der Waals surface area contributed by atoms with Crippen LogP contribution in [0, 0.1) is 6.92 Å². The van der Waals surface area contributed by atoms with Crippen LogP contribution in [0.2, 0.25) is 0 Å². The molecule has 3 heteroatoms. The zero-order valence-corrected chi connectivity index (χ0v) is 10.9. The third-order valence-electron chi connectivity index (χ3n) is 3.48. The van der Waals surface area contributed by atoms with E-state index in [-0.39, 0.29) is 0 Å². The van der Waals surface area contributed by atoms with Gasteiger partial charge in [0.05, 0.1) is 6.10 Å². The molecule has 1 heterocycles. The topological polar surface area (TPSA) is 24.5 Å². The highest BCUT2D eigenvalue weighted by atomic mass is 16.5. The minimum absolute atomic E-state index is 0.381. The van der Waals surface area contributed by atoms with Crippen LogP contribution in [0.1, 0.15) is 12.0 Å². The van der Waals surface area contributed by atoms with Gasteiger partial charge in [0.2, 0.25) is 0 Å². The van der Waals surface area contributed by atoms with Crippen molar-refractivity contribution in [1.29, 1.82) is 0 Å². The van der Waals surface area contributed by atoms with Crippen LogP contribution in [-0.2, 0) is 4.74 Å². The predicted octanol–water partition coefficient (Wildman–Crippen LogP) is 1.81. The summed E-state index contributed by atoms with van der Waals surface area (Å²) in [6, 6.07) is 9.21. The largest absolute Gasteiger partial charge is 0.380 e. The fourth-order valence-electron chi connectivity index (χ4n) is 2.34. The van der Waals surface area contributed by atoms with Crippen molar-refractivity contribution in [3.63, 3.8) is 0 Å². The lowest BCUT2D eigenvalue weighted by molar-refractivity contribution is 0.117. The van der Waals surface area contributed by atoms with Gasteiger partial charge >= 0.3 is 0 Å². The molecule has 0 radical (unpaired) electrons. The second kappa shape index (κ2) is 5.52. The summed E-state index contributed by atoms with van der Waals surface area (Å²) in [6.45, 7) is 4.12. The number of ether oxygens (including phenoxy) is 1. The first-order valence-electron chi connectivity index (χ1n) is 6.23. The summed E-state index contributed by atoms with van der Waals surface area (Å²) in [5.41, 5.74) is 2.58. The number of anilines is 1. The summed E-state index contributed by atoms with van der Waals surface area (Å²) >= 11 is 0. The van der Waals surface area contributed by atoms with Crippen LogP contribution in [0.15, 0.2) is 24.3 Å². The Morgan fingerprint density at radius 2 is 2.06 bits per heavy atom. The SMILES string of the molecule is COC1CNC(CN(C)c2ccc(C)cc2)C1. The lowest BCUT2D eigenvalue weighted by Crippen LogP contribution is -2.35. The molecular weight excluding hydrogens is 212 g/mol. The lowest BCUT2D eigenvalue weighted by Gasteiger charge is -2.23. The highest BCUT2D eigenvalue weighted by molar-refractivity contribution is 5.46. The van der Waals surface area contributed by atoms with Gasteiger partial charge < -0.3 is 15.0 Å². The maximum absolute atomic E-state index is 5.36. The Bertz CT molecular complexity index is 350. The van der Waals surface area contributed by atoms with Crippen molar-refractivity contribution in [3.05, 3.63) is 29.8 Å². The number of likely N-dealkylation sites (N-methyl/N-ethyl adjacent to an activating group) is 1. The number of rotatable bonds is 4. The summed E-state index contributed by atoms with van der Waals surface area (Å²) in [5.74, 6) is 0. The average molecular weight is 234 g/mol. The first-order chi connectivity index (χ1) is 8.19. The van der Waals surface area contributed by atoms with Gasteiger partial charge in [0.25, 0.3) is 0 Å². The van der Waals surface area contributed by atoms with E-state index in [4.69, 9.17) is 4.74 Å². The van der Waals surface area contributed by atoms with Gasteiger partial charge in [-0.15, -0.1) is 0 Å². The molecule has 0 bridgehead atoms. The van der Waals surface area contributed by atoms with Gasteiger partial charge in [-0.05, 0) is 25.5 Å². The second-order valence-electron chi connectivity index (χ2n) is 4.91. The Morgan fingerprint density at radius 3 is 2.65 bits per heavy atom. The Kier molecular flexibility index (Phi) is 4.02. The fraction of sp³-hybridized carbons (Fsp3) is 0.571. The van der Waals surface area contributed by atoms with Crippen molar-refractivity contribution in [2.45, 2.75) is 25.5 Å². The Balaban J connectivity index is 1.89. The molecule has 1 aliphatic heterocycles. The van der Waals surface area contributed by atoms with E-state index in [0.29, 0.717) is 12.1 Å². The Hall–Kier alpha value is -1.06. The number of benzene rings is 1. The van der Waals surface area contributed by atoms with Crippen molar-refractivity contribution < 1.29 is 4.74 Å². The van der Waals surface area contributed by atoms with Crippen molar-refractivity contribution in [2.24, 2.45) is 0 Å².